The molecule has 0 saturated carbocycles. The zero-order valence-electron chi connectivity index (χ0n) is 18.8. The molecule has 0 radical (unpaired) electrons. The molecular weight excluding hydrogens is 466 g/mol. The summed E-state index contributed by atoms with van der Waals surface area (Å²) in [6, 6.07) is 18.6. The molecule has 1 aliphatic carbocycles. The molecular formula is C27H22ClN3O4. The fourth-order valence-electron chi connectivity index (χ4n) is 4.56. The SMILES string of the molecule is O=C(CN1CCN(C(=O)c2ccccc2Cl)CC1)Nc1cccc2c1C(=O)c1ccccc1C2=O. The Bertz CT molecular complexity index is 1360. The summed E-state index contributed by atoms with van der Waals surface area (Å²) in [6.45, 7) is 2.11. The Balaban J connectivity index is 1.24. The van der Waals surface area contributed by atoms with E-state index in [9.17, 15) is 19.2 Å². The largest absolute Gasteiger partial charge is 0.336 e. The van der Waals surface area contributed by atoms with Crippen molar-refractivity contribution in [2.24, 2.45) is 0 Å². The lowest BCUT2D eigenvalue weighted by atomic mass is 9.83. The highest BCUT2D eigenvalue weighted by molar-refractivity contribution is 6.33. The van der Waals surface area contributed by atoms with E-state index in [4.69, 9.17) is 11.6 Å². The van der Waals surface area contributed by atoms with Gasteiger partial charge < -0.3 is 10.2 Å². The Morgan fingerprint density at radius 2 is 1.40 bits per heavy atom. The maximum absolute atomic E-state index is 13.1. The molecule has 1 heterocycles. The number of nitrogens with zero attached hydrogens (tertiary/aromatic N) is 2. The highest BCUT2D eigenvalue weighted by atomic mass is 35.5. The van der Waals surface area contributed by atoms with Gasteiger partial charge in [0.25, 0.3) is 5.91 Å². The Morgan fingerprint density at radius 3 is 2.11 bits per heavy atom. The Labute approximate surface area is 207 Å². The molecule has 176 valence electrons. The first-order valence-electron chi connectivity index (χ1n) is 11.3. The van der Waals surface area contributed by atoms with Crippen molar-refractivity contribution in [1.29, 1.82) is 0 Å². The van der Waals surface area contributed by atoms with Crippen LogP contribution in [-0.4, -0.2) is 65.9 Å². The van der Waals surface area contributed by atoms with Gasteiger partial charge in [0.05, 0.1) is 28.4 Å². The Morgan fingerprint density at radius 1 is 0.771 bits per heavy atom. The van der Waals surface area contributed by atoms with E-state index in [2.05, 4.69) is 5.32 Å². The molecule has 7 nitrogen and oxygen atoms in total. The van der Waals surface area contributed by atoms with Crippen LogP contribution >= 0.6 is 11.6 Å². The van der Waals surface area contributed by atoms with Crippen LogP contribution in [0.3, 0.4) is 0 Å². The molecule has 1 aliphatic heterocycles. The van der Waals surface area contributed by atoms with Gasteiger partial charge in [-0.3, -0.25) is 24.1 Å². The summed E-state index contributed by atoms with van der Waals surface area (Å²) in [5, 5.41) is 3.23. The van der Waals surface area contributed by atoms with Crippen LogP contribution in [0.25, 0.3) is 0 Å². The third-order valence-electron chi connectivity index (χ3n) is 6.36. The van der Waals surface area contributed by atoms with Crippen LogP contribution < -0.4 is 5.32 Å². The van der Waals surface area contributed by atoms with Gasteiger partial charge in [-0.05, 0) is 18.2 Å². The van der Waals surface area contributed by atoms with Crippen molar-refractivity contribution in [3.63, 3.8) is 0 Å². The molecule has 1 saturated heterocycles. The highest BCUT2D eigenvalue weighted by Crippen LogP contribution is 2.32. The minimum Gasteiger partial charge on any atom is -0.336 e. The van der Waals surface area contributed by atoms with Gasteiger partial charge in [-0.2, -0.15) is 0 Å². The third kappa shape index (κ3) is 4.36. The van der Waals surface area contributed by atoms with E-state index in [1.807, 2.05) is 4.90 Å². The molecule has 0 atom stereocenters. The zero-order chi connectivity index (χ0) is 24.5. The number of rotatable bonds is 4. The monoisotopic (exact) mass is 487 g/mol. The van der Waals surface area contributed by atoms with Gasteiger partial charge in [-0.1, -0.05) is 60.1 Å². The van der Waals surface area contributed by atoms with Crippen LogP contribution in [0.4, 0.5) is 5.69 Å². The van der Waals surface area contributed by atoms with Gasteiger partial charge in [0, 0.05) is 42.9 Å². The molecule has 0 aromatic heterocycles. The number of nitrogens with one attached hydrogen (secondary N) is 1. The lowest BCUT2D eigenvalue weighted by Gasteiger charge is -2.34. The van der Waals surface area contributed by atoms with E-state index in [0.717, 1.165) is 0 Å². The molecule has 3 aromatic rings. The van der Waals surface area contributed by atoms with Crippen molar-refractivity contribution in [2.45, 2.75) is 0 Å². The highest BCUT2D eigenvalue weighted by Gasteiger charge is 2.32. The van der Waals surface area contributed by atoms with Crippen LogP contribution in [-0.2, 0) is 4.79 Å². The zero-order valence-corrected chi connectivity index (χ0v) is 19.5. The van der Waals surface area contributed by atoms with Gasteiger partial charge in [-0.25, -0.2) is 0 Å². The number of hydrogen-bond acceptors (Lipinski definition) is 5. The minimum absolute atomic E-state index is 0.108. The van der Waals surface area contributed by atoms with Gasteiger partial charge >= 0.3 is 0 Å². The molecule has 8 heteroatoms. The van der Waals surface area contributed by atoms with Crippen LogP contribution in [0.15, 0.2) is 66.7 Å². The quantitative estimate of drug-likeness (QED) is 0.476. The molecule has 0 bridgehead atoms. The van der Waals surface area contributed by atoms with E-state index < -0.39 is 0 Å². The standard InChI is InChI=1S/C27H22ClN3O4/c28-21-10-4-3-8-19(21)27(35)31-14-12-30(13-15-31)16-23(32)29-22-11-5-9-20-24(22)26(34)18-7-2-1-6-17(18)25(20)33/h1-11H,12-16H2,(H,29,32). The molecule has 0 spiro atoms. The van der Waals surface area contributed by atoms with Gasteiger partial charge in [0.1, 0.15) is 0 Å². The summed E-state index contributed by atoms with van der Waals surface area (Å²) in [6.07, 6.45) is 0. The summed E-state index contributed by atoms with van der Waals surface area (Å²) in [4.78, 5) is 55.3. The van der Waals surface area contributed by atoms with Crippen molar-refractivity contribution in [2.75, 3.05) is 38.0 Å². The first-order valence-corrected chi connectivity index (χ1v) is 11.7. The van der Waals surface area contributed by atoms with E-state index in [1.54, 1.807) is 71.6 Å². The number of anilines is 1. The topological polar surface area (TPSA) is 86.8 Å². The lowest BCUT2D eigenvalue weighted by Crippen LogP contribution is -2.50. The van der Waals surface area contributed by atoms with E-state index in [0.29, 0.717) is 53.6 Å². The molecule has 35 heavy (non-hydrogen) atoms. The maximum Gasteiger partial charge on any atom is 0.255 e. The molecule has 0 unspecified atom stereocenters. The first-order chi connectivity index (χ1) is 16.9. The number of piperazine rings is 1. The number of halogens is 1. The van der Waals surface area contributed by atoms with Gasteiger partial charge in [0.2, 0.25) is 5.91 Å². The number of carbonyl (C=O) groups is 4. The number of fused-ring (bicyclic) bond motifs is 2. The summed E-state index contributed by atoms with van der Waals surface area (Å²) in [5.41, 5.74) is 2.02. The Kier molecular flexibility index (Phi) is 6.19. The number of hydrogen-bond donors (Lipinski definition) is 1. The van der Waals surface area contributed by atoms with Crippen LogP contribution in [0.1, 0.15) is 42.2 Å². The normalized spacial score (nSPS) is 15.4. The van der Waals surface area contributed by atoms with Gasteiger partial charge in [-0.15, -0.1) is 0 Å². The summed E-state index contributed by atoms with van der Waals surface area (Å²) in [5.74, 6) is -0.925. The van der Waals surface area contributed by atoms with E-state index in [1.165, 1.54) is 0 Å². The Hall–Kier alpha value is -3.81. The van der Waals surface area contributed by atoms with Crippen LogP contribution in [0.5, 0.6) is 0 Å². The molecule has 1 fully saturated rings. The first kappa shape index (κ1) is 23.0. The summed E-state index contributed by atoms with van der Waals surface area (Å²) in [7, 11) is 0. The van der Waals surface area contributed by atoms with Crippen molar-refractivity contribution < 1.29 is 19.2 Å². The average molecular weight is 488 g/mol. The third-order valence-corrected chi connectivity index (χ3v) is 6.69. The molecule has 5 rings (SSSR count). The van der Waals surface area contributed by atoms with Crippen molar-refractivity contribution >= 4 is 40.7 Å². The lowest BCUT2D eigenvalue weighted by molar-refractivity contribution is -0.117. The fourth-order valence-corrected chi connectivity index (χ4v) is 4.77. The molecule has 3 aromatic carbocycles. The van der Waals surface area contributed by atoms with Crippen molar-refractivity contribution in [1.82, 2.24) is 9.80 Å². The summed E-state index contributed by atoms with van der Waals surface area (Å²) >= 11 is 6.15. The predicted octanol–water partition coefficient (Wildman–Crippen LogP) is 3.51. The smallest absolute Gasteiger partial charge is 0.255 e. The second-order valence-corrected chi connectivity index (χ2v) is 8.94. The molecule has 2 amide bonds. The average Bonchev–Trinajstić information content (AvgIpc) is 2.87. The number of ketones is 2. The minimum atomic E-state index is -0.289. The maximum atomic E-state index is 13.1. The van der Waals surface area contributed by atoms with Crippen LogP contribution in [0, 0.1) is 0 Å². The second kappa shape index (κ2) is 9.44. The second-order valence-electron chi connectivity index (χ2n) is 8.53. The van der Waals surface area contributed by atoms with E-state index in [-0.39, 0.29) is 41.1 Å². The number of amides is 2. The number of benzene rings is 3. The van der Waals surface area contributed by atoms with E-state index >= 15 is 0 Å². The predicted molar refractivity (Wildman–Crippen MR) is 132 cm³/mol. The number of carbonyl (C=O) groups excluding carboxylic acids is 4. The summed E-state index contributed by atoms with van der Waals surface area (Å²) < 4.78 is 0. The van der Waals surface area contributed by atoms with Crippen molar-refractivity contribution in [3.05, 3.63) is 99.6 Å². The molecule has 1 N–H and O–H groups in total. The van der Waals surface area contributed by atoms with Crippen molar-refractivity contribution in [3.8, 4) is 0 Å². The van der Waals surface area contributed by atoms with Gasteiger partial charge in [0.15, 0.2) is 11.6 Å². The molecule has 2 aliphatic rings. The van der Waals surface area contributed by atoms with Crippen LogP contribution in [0.2, 0.25) is 5.02 Å². The fraction of sp³-hybridized carbons (Fsp3) is 0.185.